The van der Waals surface area contributed by atoms with Gasteiger partial charge in [0.05, 0.1) is 0 Å². The predicted octanol–water partition coefficient (Wildman–Crippen LogP) is -8.72. The van der Waals surface area contributed by atoms with Gasteiger partial charge in [0.25, 0.3) is 0 Å². The first-order valence-electron chi connectivity index (χ1n) is 3.33. The molecule has 0 unspecified atom stereocenters. The van der Waals surface area contributed by atoms with Crippen molar-refractivity contribution in [2.75, 3.05) is 0 Å². The van der Waals surface area contributed by atoms with Gasteiger partial charge in [0, 0.05) is 52.0 Å². The molecule has 0 atom stereocenters. The smallest absolute Gasteiger partial charge is 0.870 e. The zero-order valence-corrected chi connectivity index (χ0v) is 34.1. The topological polar surface area (TPSA) is 551 Å². The molecule has 0 bridgehead atoms. The van der Waals surface area contributed by atoms with Crippen LogP contribution in [0.4, 0.5) is 0 Å². The molecule has 0 fully saturated rings. The van der Waals surface area contributed by atoms with Crippen molar-refractivity contribution in [3.63, 3.8) is 0 Å². The van der Waals surface area contributed by atoms with Gasteiger partial charge in [0.2, 0.25) is 0 Å². The van der Waals surface area contributed by atoms with Crippen LogP contribution in [0.5, 0.6) is 0 Å². The second-order valence-electron chi connectivity index (χ2n) is 2.04. The van der Waals surface area contributed by atoms with Crippen LogP contribution in [-0.4, -0.2) is 197 Å². The molecule has 25 nitrogen and oxygen atoms in total. The van der Waals surface area contributed by atoms with E-state index in [2.05, 4.69) is 0 Å². The van der Waals surface area contributed by atoms with Gasteiger partial charge in [-0.05, 0) is 0 Å². The van der Waals surface area contributed by atoms with Gasteiger partial charge in [0.15, 0.2) is 0 Å². The summed E-state index contributed by atoms with van der Waals surface area (Å²) in [5.41, 5.74) is 0. The third-order valence-electron chi connectivity index (χ3n) is 0. The molecular weight excluding hydrogens is 1350 g/mol. The van der Waals surface area contributed by atoms with Crippen molar-refractivity contribution < 1.29 is 166 Å². The summed E-state index contributed by atoms with van der Waals surface area (Å²) in [6.45, 7) is 0. The zero-order chi connectivity index (χ0) is 22.5. The first-order valence-corrected chi connectivity index (χ1v) is 10.0. The third-order valence-corrected chi connectivity index (χ3v) is 0. The van der Waals surface area contributed by atoms with Crippen LogP contribution >= 0.6 is 0 Å². The molecule has 5 N–H and O–H groups in total. The predicted molar refractivity (Wildman–Crippen MR) is 79.3 cm³/mol. The summed E-state index contributed by atoms with van der Waals surface area (Å²) in [6, 6.07) is 0. The standard InChI is InChI=1S/3Fe.5H2O4S.5H2O.3Pb/c;;;5*1-5(2,3)4;;;;;;;;/h;;;5*(H2,1,2,3,4);5*1H2;;;/q3*+3;;;;;;;;;;;3*+2/p-15. The summed E-state index contributed by atoms with van der Waals surface area (Å²) in [4.78, 5) is 0. The van der Waals surface area contributed by atoms with Gasteiger partial charge in [-0.25, -0.2) is 0 Å². The Kier molecular flexibility index (Phi) is 142. The number of hydrogen-bond donors (Lipinski definition) is 0. The van der Waals surface area contributed by atoms with Crippen LogP contribution < -0.4 is 0 Å². The Morgan fingerprint density at radius 1 is 0.250 bits per heavy atom. The Bertz CT molecular complexity index is 639. The van der Waals surface area contributed by atoms with E-state index >= 15 is 0 Å². The van der Waals surface area contributed by atoms with Crippen molar-refractivity contribution in [1.82, 2.24) is 0 Å². The molecule has 0 aromatic carbocycles. The maximum Gasteiger partial charge on any atom is 3.00 e. The van der Waals surface area contributed by atoms with Crippen LogP contribution in [-0.2, 0) is 103 Å². The van der Waals surface area contributed by atoms with E-state index in [-0.39, 0.29) is 160 Å². The molecule has 0 saturated carbocycles. The van der Waals surface area contributed by atoms with Crippen molar-refractivity contribution in [1.29, 1.82) is 0 Å². The number of hydrogen-bond acceptors (Lipinski definition) is 25. The molecule has 0 aliphatic heterocycles. The molecular formula is H5Fe3O25Pb3S5. The van der Waals surface area contributed by atoms with Gasteiger partial charge in [-0.3, -0.25) is 42.1 Å². The second-order valence-corrected chi connectivity index (χ2v) is 6.12. The molecule has 0 amide bonds. The van der Waals surface area contributed by atoms with Crippen LogP contribution in [0.1, 0.15) is 0 Å². The van der Waals surface area contributed by atoms with Crippen LogP contribution in [0.25, 0.3) is 0 Å². The van der Waals surface area contributed by atoms with Crippen molar-refractivity contribution in [3.05, 3.63) is 0 Å². The second kappa shape index (κ2) is 48.2. The minimum Gasteiger partial charge on any atom is -0.870 e. The minimum atomic E-state index is -5.17. The van der Waals surface area contributed by atoms with Gasteiger partial charge < -0.3 is 72.9 Å². The van der Waals surface area contributed by atoms with E-state index in [4.69, 9.17) is 87.6 Å². The maximum absolute atomic E-state index is 8.52. The Morgan fingerprint density at radius 2 is 0.250 bits per heavy atom. The van der Waals surface area contributed by atoms with Crippen molar-refractivity contribution >= 4 is 134 Å². The van der Waals surface area contributed by atoms with E-state index in [1.807, 2.05) is 0 Å². The minimum absolute atomic E-state index is 0. The Hall–Kier alpha value is 3.47. The fraction of sp³-hybridized carbons (Fsp3) is 0. The van der Waals surface area contributed by atoms with Crippen molar-refractivity contribution in [2.24, 2.45) is 0 Å². The van der Waals surface area contributed by atoms with E-state index in [0.717, 1.165) is 0 Å². The zero-order valence-electron chi connectivity index (χ0n) is 15.0. The van der Waals surface area contributed by atoms with Crippen LogP contribution in [0, 0.1) is 0 Å². The van der Waals surface area contributed by atoms with Gasteiger partial charge >= 0.3 is 133 Å². The Morgan fingerprint density at radius 3 is 0.250 bits per heavy atom. The third kappa shape index (κ3) is 4130. The molecule has 9 radical (unpaired) electrons. The van der Waals surface area contributed by atoms with Crippen LogP contribution in [0.2, 0.25) is 0 Å². The molecule has 221 valence electrons. The van der Waals surface area contributed by atoms with Crippen molar-refractivity contribution in [3.8, 4) is 0 Å². The molecule has 0 heterocycles. The summed E-state index contributed by atoms with van der Waals surface area (Å²) in [6.07, 6.45) is 0. The van der Waals surface area contributed by atoms with E-state index in [1.54, 1.807) is 0 Å². The fourth-order valence-electron chi connectivity index (χ4n) is 0. The first-order chi connectivity index (χ1) is 10.0. The fourth-order valence-corrected chi connectivity index (χ4v) is 0. The SMILES string of the molecule is O=S(=O)([O-])[O-].O=S(=O)([O-])[O-].O=S(=O)([O-])[O-].O=S(=O)([O-])[O-].O=S(=O)([O-])[O-].[Fe+3].[Fe+3].[Fe+3].[OH-].[OH-].[OH-].[OH-].[OH-].[Pb+2].[Pb+2].[Pb+2]. The molecule has 0 aliphatic rings. The molecule has 0 aromatic rings. The normalized spacial score (nSPS) is 8.06. The molecule has 0 aliphatic carbocycles. The molecule has 36 heteroatoms. The van der Waals surface area contributed by atoms with Gasteiger partial charge in [-0.1, -0.05) is 0 Å². The molecule has 0 rings (SSSR count). The molecule has 36 heavy (non-hydrogen) atoms. The van der Waals surface area contributed by atoms with E-state index in [9.17, 15) is 0 Å². The summed E-state index contributed by atoms with van der Waals surface area (Å²) < 4.78 is 170. The van der Waals surface area contributed by atoms with Gasteiger partial charge in [-0.15, -0.1) is 0 Å². The first kappa shape index (κ1) is 106. The van der Waals surface area contributed by atoms with E-state index in [0.29, 0.717) is 0 Å². The summed E-state index contributed by atoms with van der Waals surface area (Å²) in [7, 11) is -25.8. The van der Waals surface area contributed by atoms with Crippen LogP contribution in [0.15, 0.2) is 0 Å². The monoisotopic (exact) mass is 1360 g/mol. The summed E-state index contributed by atoms with van der Waals surface area (Å²) >= 11 is 0. The van der Waals surface area contributed by atoms with E-state index < -0.39 is 52.0 Å². The van der Waals surface area contributed by atoms with Gasteiger partial charge in [0.1, 0.15) is 0 Å². The Balaban J connectivity index is -0.00000000922. The Labute approximate surface area is 296 Å². The molecule has 0 aromatic heterocycles. The number of rotatable bonds is 0. The van der Waals surface area contributed by atoms with Gasteiger partial charge in [-0.2, -0.15) is 0 Å². The van der Waals surface area contributed by atoms with Crippen LogP contribution in [0.3, 0.4) is 0 Å². The summed E-state index contributed by atoms with van der Waals surface area (Å²) in [5.74, 6) is 0. The quantitative estimate of drug-likeness (QED) is 0.123. The summed E-state index contributed by atoms with van der Waals surface area (Å²) in [5, 5.41) is 0. The van der Waals surface area contributed by atoms with E-state index in [1.165, 1.54) is 0 Å². The molecule has 0 saturated heterocycles. The average Bonchev–Trinajstić information content (AvgIpc) is 1.79. The largest absolute Gasteiger partial charge is 3.00 e. The average molecular weight is 1350 g/mol. The van der Waals surface area contributed by atoms with Crippen molar-refractivity contribution in [2.45, 2.75) is 0 Å². The maximum atomic E-state index is 8.52. The molecule has 0 spiro atoms.